The standard InChI is InChI=1S/C13H17BrO2S/c1-9(12(15)16-13(2,3)4)17-11-7-5-6-10(14)8-11/h5-9H,1-4H3. The predicted molar refractivity (Wildman–Crippen MR) is 75.3 cm³/mol. The van der Waals surface area contributed by atoms with Crippen LogP contribution >= 0.6 is 27.7 Å². The second-order valence-electron chi connectivity index (χ2n) is 4.75. The molecule has 0 amide bonds. The van der Waals surface area contributed by atoms with Gasteiger partial charge in [0.25, 0.3) is 0 Å². The van der Waals surface area contributed by atoms with Crippen LogP contribution < -0.4 is 0 Å². The lowest BCUT2D eigenvalue weighted by atomic mass is 10.2. The van der Waals surface area contributed by atoms with Gasteiger partial charge in [-0.2, -0.15) is 0 Å². The topological polar surface area (TPSA) is 26.3 Å². The van der Waals surface area contributed by atoms with Gasteiger partial charge >= 0.3 is 5.97 Å². The van der Waals surface area contributed by atoms with Crippen LogP contribution in [0.3, 0.4) is 0 Å². The van der Waals surface area contributed by atoms with E-state index in [1.54, 1.807) is 0 Å². The van der Waals surface area contributed by atoms with Gasteiger partial charge in [0.1, 0.15) is 10.9 Å². The van der Waals surface area contributed by atoms with Gasteiger partial charge in [0.05, 0.1) is 0 Å². The number of hydrogen-bond donors (Lipinski definition) is 0. The SMILES string of the molecule is CC(Sc1cccc(Br)c1)C(=O)OC(C)(C)C. The molecule has 0 bridgehead atoms. The van der Waals surface area contributed by atoms with Crippen LogP contribution in [0.2, 0.25) is 0 Å². The molecule has 0 N–H and O–H groups in total. The average Bonchev–Trinajstić information content (AvgIpc) is 2.14. The fourth-order valence-electron chi connectivity index (χ4n) is 1.18. The second kappa shape index (κ2) is 5.91. The van der Waals surface area contributed by atoms with Crippen molar-refractivity contribution in [3.05, 3.63) is 28.7 Å². The molecule has 0 saturated heterocycles. The van der Waals surface area contributed by atoms with E-state index in [4.69, 9.17) is 4.74 Å². The lowest BCUT2D eigenvalue weighted by Crippen LogP contribution is -2.28. The molecule has 17 heavy (non-hydrogen) atoms. The highest BCUT2D eigenvalue weighted by Gasteiger charge is 2.22. The zero-order valence-corrected chi connectivity index (χ0v) is 12.9. The Morgan fingerprint density at radius 1 is 1.41 bits per heavy atom. The molecule has 2 nitrogen and oxygen atoms in total. The Morgan fingerprint density at radius 3 is 2.59 bits per heavy atom. The number of ether oxygens (including phenoxy) is 1. The Hall–Kier alpha value is -0.480. The molecule has 1 aromatic carbocycles. The van der Waals surface area contributed by atoms with Crippen LogP contribution in [0.1, 0.15) is 27.7 Å². The van der Waals surface area contributed by atoms with Gasteiger partial charge in [-0.15, -0.1) is 11.8 Å². The number of thioether (sulfide) groups is 1. The summed E-state index contributed by atoms with van der Waals surface area (Å²) in [6.07, 6.45) is 0. The third-order valence-corrected chi connectivity index (χ3v) is 3.41. The molecule has 0 aromatic heterocycles. The van der Waals surface area contributed by atoms with Gasteiger partial charge in [-0.3, -0.25) is 4.79 Å². The van der Waals surface area contributed by atoms with Gasteiger partial charge in [0.15, 0.2) is 0 Å². The van der Waals surface area contributed by atoms with Crippen LogP contribution in [0.15, 0.2) is 33.6 Å². The van der Waals surface area contributed by atoms with Crippen molar-refractivity contribution in [1.82, 2.24) is 0 Å². The maximum atomic E-state index is 11.8. The average molecular weight is 317 g/mol. The van der Waals surface area contributed by atoms with E-state index in [0.717, 1.165) is 9.37 Å². The smallest absolute Gasteiger partial charge is 0.319 e. The summed E-state index contributed by atoms with van der Waals surface area (Å²) in [5.74, 6) is -0.178. The maximum absolute atomic E-state index is 11.8. The van der Waals surface area contributed by atoms with Crippen molar-refractivity contribution in [2.24, 2.45) is 0 Å². The highest BCUT2D eigenvalue weighted by atomic mass is 79.9. The van der Waals surface area contributed by atoms with Crippen molar-refractivity contribution >= 4 is 33.7 Å². The molecular formula is C13H17BrO2S. The highest BCUT2D eigenvalue weighted by molar-refractivity contribution is 9.10. The van der Waals surface area contributed by atoms with Crippen LogP contribution in [0.25, 0.3) is 0 Å². The van der Waals surface area contributed by atoms with E-state index in [2.05, 4.69) is 15.9 Å². The minimum Gasteiger partial charge on any atom is -0.459 e. The van der Waals surface area contributed by atoms with Gasteiger partial charge in [0.2, 0.25) is 0 Å². The van der Waals surface area contributed by atoms with Crippen molar-refractivity contribution in [3.8, 4) is 0 Å². The van der Waals surface area contributed by atoms with Gasteiger partial charge in [-0.25, -0.2) is 0 Å². The largest absolute Gasteiger partial charge is 0.459 e. The first-order valence-corrected chi connectivity index (χ1v) is 7.10. The summed E-state index contributed by atoms with van der Waals surface area (Å²) in [5.41, 5.74) is -0.427. The number of halogens is 1. The lowest BCUT2D eigenvalue weighted by Gasteiger charge is -2.22. The van der Waals surface area contributed by atoms with Gasteiger partial charge in [-0.1, -0.05) is 22.0 Å². The fourth-order valence-corrected chi connectivity index (χ4v) is 2.63. The monoisotopic (exact) mass is 316 g/mol. The number of rotatable bonds is 3. The predicted octanol–water partition coefficient (Wildman–Crippen LogP) is 4.27. The van der Waals surface area contributed by atoms with E-state index in [-0.39, 0.29) is 11.2 Å². The first kappa shape index (κ1) is 14.6. The van der Waals surface area contributed by atoms with Crippen LogP contribution in [0.5, 0.6) is 0 Å². The zero-order chi connectivity index (χ0) is 13.1. The fraction of sp³-hybridized carbons (Fsp3) is 0.462. The van der Waals surface area contributed by atoms with Crippen molar-refractivity contribution in [1.29, 1.82) is 0 Å². The van der Waals surface area contributed by atoms with E-state index in [1.165, 1.54) is 11.8 Å². The van der Waals surface area contributed by atoms with Crippen molar-refractivity contribution in [2.75, 3.05) is 0 Å². The Kier molecular flexibility index (Phi) is 5.07. The van der Waals surface area contributed by atoms with Crippen LogP contribution in [0.4, 0.5) is 0 Å². The Balaban J connectivity index is 2.60. The number of esters is 1. The van der Waals surface area contributed by atoms with Crippen molar-refractivity contribution in [3.63, 3.8) is 0 Å². The third kappa shape index (κ3) is 5.59. The molecule has 1 rings (SSSR count). The normalized spacial score (nSPS) is 13.2. The first-order chi connectivity index (χ1) is 7.78. The molecule has 1 aromatic rings. The Labute approximate surface area is 115 Å². The molecule has 1 atom stereocenters. The van der Waals surface area contributed by atoms with Crippen molar-refractivity contribution in [2.45, 2.75) is 43.4 Å². The summed E-state index contributed by atoms with van der Waals surface area (Å²) in [4.78, 5) is 12.8. The summed E-state index contributed by atoms with van der Waals surface area (Å²) in [5, 5.41) is -0.205. The van der Waals surface area contributed by atoms with Crippen LogP contribution in [0, 0.1) is 0 Å². The molecule has 0 aliphatic rings. The van der Waals surface area contributed by atoms with E-state index in [0.29, 0.717) is 0 Å². The number of carbonyl (C=O) groups excluding carboxylic acids is 1. The quantitative estimate of drug-likeness (QED) is 0.615. The minimum atomic E-state index is -0.427. The summed E-state index contributed by atoms with van der Waals surface area (Å²) >= 11 is 4.91. The van der Waals surface area contributed by atoms with Crippen LogP contribution in [-0.2, 0) is 9.53 Å². The summed E-state index contributed by atoms with van der Waals surface area (Å²) in [6.45, 7) is 7.49. The molecule has 0 heterocycles. The molecular weight excluding hydrogens is 300 g/mol. The molecule has 1 unspecified atom stereocenters. The third-order valence-electron chi connectivity index (χ3n) is 1.85. The Bertz CT molecular complexity index is 399. The molecule has 0 aliphatic heterocycles. The maximum Gasteiger partial charge on any atom is 0.319 e. The minimum absolute atomic E-state index is 0.178. The lowest BCUT2D eigenvalue weighted by molar-refractivity contribution is -0.153. The Morgan fingerprint density at radius 2 is 2.06 bits per heavy atom. The molecule has 0 radical (unpaired) electrons. The van der Waals surface area contributed by atoms with Gasteiger partial charge < -0.3 is 4.74 Å². The van der Waals surface area contributed by atoms with E-state index in [9.17, 15) is 4.79 Å². The van der Waals surface area contributed by atoms with E-state index >= 15 is 0 Å². The molecule has 0 saturated carbocycles. The summed E-state index contributed by atoms with van der Waals surface area (Å²) in [7, 11) is 0. The number of hydrogen-bond acceptors (Lipinski definition) is 3. The number of benzene rings is 1. The van der Waals surface area contributed by atoms with Gasteiger partial charge in [-0.05, 0) is 45.9 Å². The second-order valence-corrected chi connectivity index (χ2v) is 7.08. The summed E-state index contributed by atoms with van der Waals surface area (Å²) < 4.78 is 6.34. The summed E-state index contributed by atoms with van der Waals surface area (Å²) in [6, 6.07) is 7.89. The highest BCUT2D eigenvalue weighted by Crippen LogP contribution is 2.27. The number of carbonyl (C=O) groups is 1. The molecule has 0 aliphatic carbocycles. The molecule has 0 spiro atoms. The van der Waals surface area contributed by atoms with E-state index in [1.807, 2.05) is 52.0 Å². The van der Waals surface area contributed by atoms with Gasteiger partial charge in [0, 0.05) is 9.37 Å². The molecule has 94 valence electrons. The molecule has 4 heteroatoms. The van der Waals surface area contributed by atoms with E-state index < -0.39 is 5.60 Å². The zero-order valence-electron chi connectivity index (χ0n) is 10.5. The van der Waals surface area contributed by atoms with Crippen LogP contribution in [-0.4, -0.2) is 16.8 Å². The first-order valence-electron chi connectivity index (χ1n) is 5.43. The van der Waals surface area contributed by atoms with Crippen molar-refractivity contribution < 1.29 is 9.53 Å². The molecule has 0 fully saturated rings.